The Balaban J connectivity index is 1.58. The molecule has 0 spiro atoms. The van der Waals surface area contributed by atoms with Crippen molar-refractivity contribution in [2.75, 3.05) is 19.6 Å². The lowest BCUT2D eigenvalue weighted by Gasteiger charge is -2.42. The zero-order valence-electron chi connectivity index (χ0n) is 22.3. The Kier molecular flexibility index (Phi) is 7.97. The van der Waals surface area contributed by atoms with Crippen LogP contribution in [0.2, 0.25) is 0 Å². The lowest BCUT2D eigenvalue weighted by atomic mass is 9.75. The lowest BCUT2D eigenvalue weighted by molar-refractivity contribution is -0.141. The monoisotopic (exact) mass is 482 g/mol. The Hall–Kier alpha value is -1.86. The van der Waals surface area contributed by atoms with Crippen molar-refractivity contribution in [1.29, 1.82) is 0 Å². The number of carbonyl (C=O) groups is 2. The third kappa shape index (κ3) is 4.55. The first-order valence-electron chi connectivity index (χ1n) is 13.9. The van der Waals surface area contributed by atoms with Crippen LogP contribution in [0.1, 0.15) is 96.3 Å². The minimum absolute atomic E-state index is 0.0623. The third-order valence-corrected chi connectivity index (χ3v) is 9.19. The van der Waals surface area contributed by atoms with E-state index in [4.69, 9.17) is 9.31 Å². The lowest BCUT2D eigenvalue weighted by Crippen LogP contribution is -2.59. The van der Waals surface area contributed by atoms with Crippen LogP contribution in [-0.4, -0.2) is 65.6 Å². The molecule has 2 heterocycles. The maximum Gasteiger partial charge on any atom is 0.494 e. The van der Waals surface area contributed by atoms with Gasteiger partial charge in [0.1, 0.15) is 6.04 Å². The molecule has 0 radical (unpaired) electrons. The molecule has 7 heteroatoms. The Morgan fingerprint density at radius 2 is 1.63 bits per heavy atom. The molecule has 0 N–H and O–H groups in total. The molecule has 1 atom stereocenters. The number of nitrogens with zero attached hydrogens (tertiary/aromatic N) is 2. The summed E-state index contributed by atoms with van der Waals surface area (Å²) in [5.74, 6) is 0.590. The van der Waals surface area contributed by atoms with E-state index in [0.717, 1.165) is 50.4 Å². The first-order valence-corrected chi connectivity index (χ1v) is 13.9. The zero-order chi connectivity index (χ0) is 25.2. The molecule has 4 rings (SSSR count). The highest BCUT2D eigenvalue weighted by molar-refractivity contribution is 6.62. The van der Waals surface area contributed by atoms with E-state index in [2.05, 4.69) is 27.7 Å². The highest BCUT2D eigenvalue weighted by Gasteiger charge is 2.58. The molecule has 0 aromatic heterocycles. The average Bonchev–Trinajstić information content (AvgIpc) is 3.21. The fourth-order valence-electron chi connectivity index (χ4n) is 6.56. The summed E-state index contributed by atoms with van der Waals surface area (Å²) in [6.45, 7) is 12.6. The van der Waals surface area contributed by atoms with Crippen molar-refractivity contribution in [2.45, 2.75) is 103 Å². The van der Waals surface area contributed by atoms with Crippen molar-refractivity contribution in [3.63, 3.8) is 0 Å². The van der Waals surface area contributed by atoms with Crippen LogP contribution >= 0.6 is 0 Å². The van der Waals surface area contributed by atoms with Gasteiger partial charge in [0.25, 0.3) is 5.91 Å². The second kappa shape index (κ2) is 10.6. The largest absolute Gasteiger partial charge is 0.494 e. The van der Waals surface area contributed by atoms with Crippen LogP contribution in [0.5, 0.6) is 0 Å². The van der Waals surface area contributed by atoms with Crippen LogP contribution in [-0.2, 0) is 14.1 Å². The maximum absolute atomic E-state index is 13.8. The maximum atomic E-state index is 13.8. The van der Waals surface area contributed by atoms with Gasteiger partial charge in [-0.2, -0.15) is 0 Å². The van der Waals surface area contributed by atoms with Crippen LogP contribution in [0.15, 0.2) is 24.3 Å². The summed E-state index contributed by atoms with van der Waals surface area (Å²) >= 11 is 0. The van der Waals surface area contributed by atoms with Gasteiger partial charge >= 0.3 is 7.12 Å². The van der Waals surface area contributed by atoms with Crippen molar-refractivity contribution < 1.29 is 18.9 Å². The Labute approximate surface area is 211 Å². The highest BCUT2D eigenvalue weighted by atomic mass is 16.7. The van der Waals surface area contributed by atoms with Crippen LogP contribution in [0.3, 0.4) is 0 Å². The SMILES string of the molecule is CCN1CCN(C(=O)c2cccc(B3OC(CC)(CC)C(CC)(CC)O3)c2)C(CC2CCC2)C1=O. The minimum Gasteiger partial charge on any atom is -0.399 e. The highest BCUT2D eigenvalue weighted by Crippen LogP contribution is 2.46. The molecule has 3 aliphatic rings. The fourth-order valence-corrected chi connectivity index (χ4v) is 6.56. The number of hydrogen-bond donors (Lipinski definition) is 0. The van der Waals surface area contributed by atoms with E-state index in [1.165, 1.54) is 6.42 Å². The quantitative estimate of drug-likeness (QED) is 0.490. The molecule has 1 saturated carbocycles. The summed E-state index contributed by atoms with van der Waals surface area (Å²) in [5.41, 5.74) is 0.811. The summed E-state index contributed by atoms with van der Waals surface area (Å²) in [6, 6.07) is 7.33. The van der Waals surface area contributed by atoms with Crippen LogP contribution in [0.25, 0.3) is 0 Å². The molecular formula is C28H43BN2O4. The van der Waals surface area contributed by atoms with E-state index in [1.54, 1.807) is 0 Å². The van der Waals surface area contributed by atoms with E-state index in [1.807, 2.05) is 41.0 Å². The summed E-state index contributed by atoms with van der Waals surface area (Å²) in [4.78, 5) is 30.7. The molecule has 1 aromatic carbocycles. The predicted molar refractivity (Wildman–Crippen MR) is 140 cm³/mol. The smallest absolute Gasteiger partial charge is 0.399 e. The van der Waals surface area contributed by atoms with Crippen molar-refractivity contribution in [3.8, 4) is 0 Å². The second-order valence-electron chi connectivity index (χ2n) is 10.6. The van der Waals surface area contributed by atoms with Gasteiger partial charge < -0.3 is 19.1 Å². The Bertz CT molecular complexity index is 890. The first kappa shape index (κ1) is 26.2. The number of likely N-dealkylation sites (N-methyl/N-ethyl adjacent to an activating group) is 1. The number of piperazine rings is 1. The summed E-state index contributed by atoms with van der Waals surface area (Å²) in [6.07, 6.45) is 7.86. The van der Waals surface area contributed by atoms with Crippen LogP contribution < -0.4 is 5.46 Å². The Morgan fingerprint density at radius 3 is 2.14 bits per heavy atom. The van der Waals surface area contributed by atoms with Crippen LogP contribution in [0.4, 0.5) is 0 Å². The van der Waals surface area contributed by atoms with Gasteiger partial charge in [0.15, 0.2) is 0 Å². The molecule has 1 aromatic rings. The average molecular weight is 482 g/mol. The van der Waals surface area contributed by atoms with Crippen molar-refractivity contribution in [3.05, 3.63) is 29.8 Å². The van der Waals surface area contributed by atoms with E-state index in [9.17, 15) is 9.59 Å². The molecule has 2 amide bonds. The molecule has 0 bridgehead atoms. The van der Waals surface area contributed by atoms with Gasteiger partial charge in [0, 0.05) is 25.2 Å². The van der Waals surface area contributed by atoms with Crippen molar-refractivity contribution >= 4 is 24.4 Å². The third-order valence-electron chi connectivity index (χ3n) is 9.19. The molecule has 35 heavy (non-hydrogen) atoms. The van der Waals surface area contributed by atoms with Crippen molar-refractivity contribution in [2.24, 2.45) is 5.92 Å². The van der Waals surface area contributed by atoms with E-state index < -0.39 is 7.12 Å². The molecule has 192 valence electrons. The molecule has 1 unspecified atom stereocenters. The van der Waals surface area contributed by atoms with Gasteiger partial charge in [-0.25, -0.2) is 0 Å². The van der Waals surface area contributed by atoms with Gasteiger partial charge in [-0.3, -0.25) is 9.59 Å². The summed E-state index contributed by atoms with van der Waals surface area (Å²) in [5, 5.41) is 0. The van der Waals surface area contributed by atoms with E-state index >= 15 is 0 Å². The molecule has 2 saturated heterocycles. The Morgan fingerprint density at radius 1 is 1.00 bits per heavy atom. The van der Waals surface area contributed by atoms with E-state index in [0.29, 0.717) is 31.1 Å². The van der Waals surface area contributed by atoms with E-state index in [-0.39, 0.29) is 29.1 Å². The molecule has 2 aliphatic heterocycles. The number of hydrogen-bond acceptors (Lipinski definition) is 4. The second-order valence-corrected chi connectivity index (χ2v) is 10.6. The van der Waals surface area contributed by atoms with Crippen LogP contribution in [0, 0.1) is 5.92 Å². The van der Waals surface area contributed by atoms with Gasteiger partial charge in [-0.15, -0.1) is 0 Å². The normalized spacial score (nSPS) is 24.1. The number of carbonyl (C=O) groups excluding carboxylic acids is 2. The van der Waals surface area contributed by atoms with Gasteiger partial charge in [0.05, 0.1) is 11.2 Å². The predicted octanol–water partition coefficient (Wildman–Crippen LogP) is 4.41. The van der Waals surface area contributed by atoms with Gasteiger partial charge in [-0.1, -0.05) is 59.1 Å². The first-order chi connectivity index (χ1) is 16.9. The topological polar surface area (TPSA) is 59.1 Å². The summed E-state index contributed by atoms with van der Waals surface area (Å²) < 4.78 is 13.3. The number of benzene rings is 1. The number of amides is 2. The molecule has 3 fully saturated rings. The van der Waals surface area contributed by atoms with Crippen molar-refractivity contribution in [1.82, 2.24) is 9.80 Å². The van der Waals surface area contributed by atoms with Gasteiger partial charge in [0.2, 0.25) is 5.91 Å². The minimum atomic E-state index is -0.494. The standard InChI is InChI=1S/C28H43BN2O4/c1-6-27(7-2)28(8-3,9-4)35-29(34-27)23-16-12-15-22(20-23)25(32)31-18-17-30(10-5)26(33)24(31)19-21-13-11-14-21/h12,15-16,20-21,24H,6-11,13-14,17-19H2,1-5H3. The molecule has 6 nitrogen and oxygen atoms in total. The number of rotatable bonds is 9. The molecule has 1 aliphatic carbocycles. The van der Waals surface area contributed by atoms with Gasteiger partial charge in [-0.05, 0) is 62.5 Å². The molecular weight excluding hydrogens is 439 g/mol. The summed E-state index contributed by atoms with van der Waals surface area (Å²) in [7, 11) is -0.494. The zero-order valence-corrected chi connectivity index (χ0v) is 22.3. The fraction of sp³-hybridized carbons (Fsp3) is 0.714.